The Balaban J connectivity index is 2.91. The molecule has 0 spiro atoms. The molecule has 0 saturated heterocycles. The number of esters is 1. The van der Waals surface area contributed by atoms with E-state index in [-0.39, 0.29) is 5.97 Å². The SMILES string of the molecule is CSc1ncccc1C(=O)OC(C)(C)C. The van der Waals surface area contributed by atoms with E-state index in [9.17, 15) is 4.79 Å². The number of nitrogens with zero attached hydrogens (tertiary/aromatic N) is 1. The van der Waals surface area contributed by atoms with E-state index in [0.29, 0.717) is 10.6 Å². The molecule has 1 heterocycles. The van der Waals surface area contributed by atoms with Gasteiger partial charge < -0.3 is 4.74 Å². The number of ether oxygens (including phenoxy) is 1. The summed E-state index contributed by atoms with van der Waals surface area (Å²) in [6.07, 6.45) is 3.55. The van der Waals surface area contributed by atoms with Gasteiger partial charge in [0.05, 0.1) is 5.56 Å². The Morgan fingerprint density at radius 1 is 1.47 bits per heavy atom. The van der Waals surface area contributed by atoms with Gasteiger partial charge in [0.1, 0.15) is 10.6 Å². The first-order valence-electron chi connectivity index (χ1n) is 4.66. The lowest BCUT2D eigenvalue weighted by Gasteiger charge is -2.19. The third kappa shape index (κ3) is 3.55. The second kappa shape index (κ2) is 4.66. The second-order valence-electron chi connectivity index (χ2n) is 4.06. The molecule has 0 aliphatic carbocycles. The second-order valence-corrected chi connectivity index (χ2v) is 4.86. The minimum atomic E-state index is -0.470. The summed E-state index contributed by atoms with van der Waals surface area (Å²) in [6.45, 7) is 5.54. The van der Waals surface area contributed by atoms with Crippen molar-refractivity contribution in [2.45, 2.75) is 31.4 Å². The number of carbonyl (C=O) groups is 1. The normalized spacial score (nSPS) is 11.2. The molecule has 1 rings (SSSR count). The number of hydrogen-bond donors (Lipinski definition) is 0. The van der Waals surface area contributed by atoms with Crippen LogP contribution in [0.25, 0.3) is 0 Å². The fraction of sp³-hybridized carbons (Fsp3) is 0.455. The van der Waals surface area contributed by atoms with E-state index in [0.717, 1.165) is 0 Å². The highest BCUT2D eigenvalue weighted by Gasteiger charge is 2.20. The lowest BCUT2D eigenvalue weighted by atomic mass is 10.2. The monoisotopic (exact) mass is 225 g/mol. The van der Waals surface area contributed by atoms with Crippen LogP contribution in [-0.4, -0.2) is 22.8 Å². The number of thioether (sulfide) groups is 1. The smallest absolute Gasteiger partial charge is 0.341 e. The van der Waals surface area contributed by atoms with Gasteiger partial charge in [0.15, 0.2) is 0 Å². The summed E-state index contributed by atoms with van der Waals surface area (Å²) >= 11 is 1.44. The Labute approximate surface area is 94.2 Å². The maximum atomic E-state index is 11.8. The van der Waals surface area contributed by atoms with Crippen LogP contribution in [0.1, 0.15) is 31.1 Å². The summed E-state index contributed by atoms with van der Waals surface area (Å²) in [5, 5.41) is 0.701. The Morgan fingerprint density at radius 3 is 2.67 bits per heavy atom. The molecule has 0 unspecified atom stereocenters. The van der Waals surface area contributed by atoms with Crippen molar-refractivity contribution in [1.82, 2.24) is 4.98 Å². The number of aromatic nitrogens is 1. The van der Waals surface area contributed by atoms with E-state index >= 15 is 0 Å². The molecule has 82 valence electrons. The van der Waals surface area contributed by atoms with Gasteiger partial charge in [-0.2, -0.15) is 0 Å². The molecule has 0 aliphatic rings. The zero-order valence-corrected chi connectivity index (χ0v) is 10.2. The first kappa shape index (κ1) is 12.0. The van der Waals surface area contributed by atoms with Crippen molar-refractivity contribution in [3.63, 3.8) is 0 Å². The standard InChI is InChI=1S/C11H15NO2S/c1-11(2,3)14-10(13)8-6-5-7-12-9(8)15-4/h5-7H,1-4H3. The van der Waals surface area contributed by atoms with Gasteiger partial charge in [0.25, 0.3) is 0 Å². The van der Waals surface area contributed by atoms with Crippen molar-refractivity contribution in [2.24, 2.45) is 0 Å². The topological polar surface area (TPSA) is 39.2 Å². The third-order valence-electron chi connectivity index (χ3n) is 1.58. The predicted molar refractivity (Wildman–Crippen MR) is 61.2 cm³/mol. The summed E-state index contributed by atoms with van der Waals surface area (Å²) in [4.78, 5) is 15.9. The number of hydrogen-bond acceptors (Lipinski definition) is 4. The molecule has 0 atom stereocenters. The Kier molecular flexibility index (Phi) is 3.74. The van der Waals surface area contributed by atoms with Gasteiger partial charge in [-0.15, -0.1) is 11.8 Å². The molecule has 0 radical (unpaired) electrons. The van der Waals surface area contributed by atoms with E-state index in [1.807, 2.05) is 27.0 Å². The van der Waals surface area contributed by atoms with Crippen molar-refractivity contribution < 1.29 is 9.53 Å². The van der Waals surface area contributed by atoms with Crippen molar-refractivity contribution in [2.75, 3.05) is 6.26 Å². The van der Waals surface area contributed by atoms with Crippen LogP contribution in [0.15, 0.2) is 23.4 Å². The van der Waals surface area contributed by atoms with Gasteiger partial charge in [-0.25, -0.2) is 9.78 Å². The first-order valence-corrected chi connectivity index (χ1v) is 5.89. The molecule has 0 aromatic carbocycles. The molecule has 0 bridgehead atoms. The molecule has 0 saturated carbocycles. The van der Waals surface area contributed by atoms with Crippen LogP contribution >= 0.6 is 11.8 Å². The minimum Gasteiger partial charge on any atom is -0.456 e. The average Bonchev–Trinajstić information content (AvgIpc) is 2.15. The van der Waals surface area contributed by atoms with E-state index in [4.69, 9.17) is 4.74 Å². The zero-order chi connectivity index (χ0) is 11.5. The van der Waals surface area contributed by atoms with E-state index in [2.05, 4.69) is 4.98 Å². The minimum absolute atomic E-state index is 0.319. The van der Waals surface area contributed by atoms with Crippen molar-refractivity contribution in [3.8, 4) is 0 Å². The van der Waals surface area contributed by atoms with Gasteiger partial charge in [-0.3, -0.25) is 0 Å². The highest BCUT2D eigenvalue weighted by molar-refractivity contribution is 7.98. The maximum absolute atomic E-state index is 11.8. The van der Waals surface area contributed by atoms with Crippen LogP contribution in [0, 0.1) is 0 Å². The quantitative estimate of drug-likeness (QED) is 0.573. The van der Waals surface area contributed by atoms with Gasteiger partial charge in [0.2, 0.25) is 0 Å². The summed E-state index contributed by atoms with van der Waals surface area (Å²) in [6, 6.07) is 3.46. The summed E-state index contributed by atoms with van der Waals surface area (Å²) in [7, 11) is 0. The molecule has 0 amide bonds. The predicted octanol–water partition coefficient (Wildman–Crippen LogP) is 2.76. The van der Waals surface area contributed by atoms with Crippen molar-refractivity contribution in [1.29, 1.82) is 0 Å². The van der Waals surface area contributed by atoms with Gasteiger partial charge >= 0.3 is 5.97 Å². The van der Waals surface area contributed by atoms with Crippen LogP contribution in [0.2, 0.25) is 0 Å². The van der Waals surface area contributed by atoms with E-state index in [1.54, 1.807) is 18.3 Å². The fourth-order valence-corrected chi connectivity index (χ4v) is 1.58. The molecular formula is C11H15NO2S. The highest BCUT2D eigenvalue weighted by atomic mass is 32.2. The Hall–Kier alpha value is -1.03. The lowest BCUT2D eigenvalue weighted by molar-refractivity contribution is 0.00647. The number of carbonyl (C=O) groups excluding carboxylic acids is 1. The van der Waals surface area contributed by atoms with Gasteiger partial charge in [-0.05, 0) is 39.2 Å². The molecule has 0 aliphatic heterocycles. The Bertz CT molecular complexity index is 358. The molecule has 15 heavy (non-hydrogen) atoms. The third-order valence-corrected chi connectivity index (χ3v) is 2.30. The van der Waals surface area contributed by atoms with E-state index < -0.39 is 5.60 Å². The van der Waals surface area contributed by atoms with Gasteiger partial charge in [0, 0.05) is 6.20 Å². The summed E-state index contributed by atoms with van der Waals surface area (Å²) in [5.74, 6) is -0.319. The highest BCUT2D eigenvalue weighted by Crippen LogP contribution is 2.20. The molecular weight excluding hydrogens is 210 g/mol. The molecule has 1 aromatic rings. The number of rotatable bonds is 2. The fourth-order valence-electron chi connectivity index (χ4n) is 1.04. The van der Waals surface area contributed by atoms with Crippen LogP contribution in [0.4, 0.5) is 0 Å². The average molecular weight is 225 g/mol. The molecule has 4 heteroatoms. The van der Waals surface area contributed by atoms with Crippen molar-refractivity contribution in [3.05, 3.63) is 23.9 Å². The largest absolute Gasteiger partial charge is 0.456 e. The molecule has 1 aromatic heterocycles. The maximum Gasteiger partial charge on any atom is 0.341 e. The summed E-state index contributed by atoms with van der Waals surface area (Å²) in [5.41, 5.74) is 0.0581. The summed E-state index contributed by atoms with van der Waals surface area (Å²) < 4.78 is 5.27. The van der Waals surface area contributed by atoms with E-state index in [1.165, 1.54) is 11.8 Å². The zero-order valence-electron chi connectivity index (χ0n) is 9.40. The Morgan fingerprint density at radius 2 is 2.13 bits per heavy atom. The van der Waals surface area contributed by atoms with Crippen LogP contribution in [-0.2, 0) is 4.74 Å². The first-order chi connectivity index (χ1) is 6.94. The number of pyridine rings is 1. The van der Waals surface area contributed by atoms with Crippen LogP contribution in [0.5, 0.6) is 0 Å². The molecule has 0 N–H and O–H groups in total. The van der Waals surface area contributed by atoms with Crippen LogP contribution in [0.3, 0.4) is 0 Å². The van der Waals surface area contributed by atoms with Crippen molar-refractivity contribution >= 4 is 17.7 Å². The molecule has 3 nitrogen and oxygen atoms in total. The lowest BCUT2D eigenvalue weighted by Crippen LogP contribution is -2.24. The molecule has 0 fully saturated rings. The van der Waals surface area contributed by atoms with Crippen LogP contribution < -0.4 is 0 Å². The van der Waals surface area contributed by atoms with Gasteiger partial charge in [-0.1, -0.05) is 0 Å².